The van der Waals surface area contributed by atoms with Crippen LogP contribution in [0.3, 0.4) is 0 Å². The third-order valence-corrected chi connectivity index (χ3v) is 2.96. The van der Waals surface area contributed by atoms with Crippen LogP contribution in [0.2, 0.25) is 0 Å². The standard InChI is InChI=1S/C16H12N2O5/c1-9(18)11(7-17)13(20)8-22-16(21)15-6-12(19)10-4-2-3-5-14(10)23-15/h2-6H,8,18H2,1H3/b11-9-. The minimum Gasteiger partial charge on any atom is -0.451 e. The first-order valence-corrected chi connectivity index (χ1v) is 6.53. The maximum absolute atomic E-state index is 11.9. The van der Waals surface area contributed by atoms with Gasteiger partial charge < -0.3 is 14.9 Å². The molecule has 23 heavy (non-hydrogen) atoms. The van der Waals surface area contributed by atoms with E-state index in [1.54, 1.807) is 24.3 Å². The topological polar surface area (TPSA) is 123 Å². The second-order valence-corrected chi connectivity index (χ2v) is 4.64. The number of ether oxygens (including phenoxy) is 1. The molecule has 0 fully saturated rings. The predicted molar refractivity (Wildman–Crippen MR) is 80.3 cm³/mol. The van der Waals surface area contributed by atoms with Crippen LogP contribution in [0.15, 0.2) is 50.8 Å². The Bertz CT molecular complexity index is 914. The molecule has 0 atom stereocenters. The van der Waals surface area contributed by atoms with E-state index in [4.69, 9.17) is 20.1 Å². The van der Waals surface area contributed by atoms with Gasteiger partial charge in [-0.2, -0.15) is 5.26 Å². The van der Waals surface area contributed by atoms with Crippen molar-refractivity contribution >= 4 is 22.7 Å². The molecule has 116 valence electrons. The Morgan fingerprint density at radius 1 is 1.35 bits per heavy atom. The van der Waals surface area contributed by atoms with Crippen LogP contribution >= 0.6 is 0 Å². The number of hydrogen-bond acceptors (Lipinski definition) is 7. The SMILES string of the molecule is C/C(N)=C(\C#N)C(=O)COC(=O)c1cc(=O)c2ccccc2o1. The number of ketones is 1. The lowest BCUT2D eigenvalue weighted by Gasteiger charge is -2.04. The van der Waals surface area contributed by atoms with Gasteiger partial charge in [-0.1, -0.05) is 12.1 Å². The number of esters is 1. The van der Waals surface area contributed by atoms with Gasteiger partial charge in [-0.3, -0.25) is 9.59 Å². The average molecular weight is 312 g/mol. The molecule has 0 aliphatic rings. The number of nitrogens with two attached hydrogens (primary N) is 1. The Morgan fingerprint density at radius 3 is 2.70 bits per heavy atom. The number of nitrogens with zero attached hydrogens (tertiary/aromatic N) is 1. The normalized spacial score (nSPS) is 11.5. The fourth-order valence-corrected chi connectivity index (χ4v) is 1.85. The predicted octanol–water partition coefficient (Wildman–Crippen LogP) is 1.28. The van der Waals surface area contributed by atoms with Crippen LogP contribution in [-0.2, 0) is 9.53 Å². The van der Waals surface area contributed by atoms with E-state index in [9.17, 15) is 14.4 Å². The summed E-state index contributed by atoms with van der Waals surface area (Å²) in [5.41, 5.74) is 4.96. The van der Waals surface area contributed by atoms with Crippen LogP contribution in [0.5, 0.6) is 0 Å². The van der Waals surface area contributed by atoms with Crippen LogP contribution in [0.25, 0.3) is 11.0 Å². The van der Waals surface area contributed by atoms with E-state index < -0.39 is 23.8 Å². The molecule has 0 unspecified atom stereocenters. The molecule has 2 N–H and O–H groups in total. The molecular formula is C16H12N2O5. The lowest BCUT2D eigenvalue weighted by atomic mass is 10.1. The summed E-state index contributed by atoms with van der Waals surface area (Å²) >= 11 is 0. The van der Waals surface area contributed by atoms with E-state index in [1.165, 1.54) is 13.0 Å². The largest absolute Gasteiger partial charge is 0.451 e. The smallest absolute Gasteiger partial charge is 0.374 e. The van der Waals surface area contributed by atoms with Crippen molar-refractivity contribution in [2.75, 3.05) is 6.61 Å². The summed E-state index contributed by atoms with van der Waals surface area (Å²) < 4.78 is 10.0. The van der Waals surface area contributed by atoms with Gasteiger partial charge in [0.15, 0.2) is 12.0 Å². The Kier molecular flexibility index (Phi) is 4.57. The maximum Gasteiger partial charge on any atom is 0.374 e. The summed E-state index contributed by atoms with van der Waals surface area (Å²) in [6, 6.07) is 9.05. The van der Waals surface area contributed by atoms with E-state index >= 15 is 0 Å². The highest BCUT2D eigenvalue weighted by Crippen LogP contribution is 2.12. The quantitative estimate of drug-likeness (QED) is 0.512. The molecule has 2 aromatic rings. The van der Waals surface area contributed by atoms with Crippen molar-refractivity contribution in [1.82, 2.24) is 0 Å². The van der Waals surface area contributed by atoms with Gasteiger partial charge >= 0.3 is 5.97 Å². The van der Waals surface area contributed by atoms with E-state index in [2.05, 4.69) is 0 Å². The zero-order valence-corrected chi connectivity index (χ0v) is 12.2. The first-order valence-electron chi connectivity index (χ1n) is 6.53. The molecule has 7 nitrogen and oxygen atoms in total. The van der Waals surface area contributed by atoms with E-state index in [0.29, 0.717) is 5.39 Å². The third-order valence-electron chi connectivity index (χ3n) is 2.96. The first-order chi connectivity index (χ1) is 10.9. The van der Waals surface area contributed by atoms with Gasteiger partial charge in [0, 0.05) is 11.8 Å². The van der Waals surface area contributed by atoms with E-state index in [1.807, 2.05) is 0 Å². The van der Waals surface area contributed by atoms with Crippen molar-refractivity contribution < 1.29 is 18.7 Å². The van der Waals surface area contributed by atoms with Crippen LogP contribution in [0, 0.1) is 11.3 Å². The number of para-hydroxylation sites is 1. The van der Waals surface area contributed by atoms with Gasteiger partial charge in [0.05, 0.1) is 5.39 Å². The van der Waals surface area contributed by atoms with Crippen molar-refractivity contribution in [3.8, 4) is 6.07 Å². The Labute approximate surface area is 130 Å². The van der Waals surface area contributed by atoms with E-state index in [-0.39, 0.29) is 22.6 Å². The number of carbonyl (C=O) groups excluding carboxylic acids is 2. The molecular weight excluding hydrogens is 300 g/mol. The summed E-state index contributed by atoms with van der Waals surface area (Å²) in [6.07, 6.45) is 0. The minimum absolute atomic E-state index is 0.0331. The first kappa shape index (κ1) is 16.0. The third kappa shape index (κ3) is 3.44. The number of Topliss-reactive ketones (excluding diaryl/α,β-unsaturated/α-hetero) is 1. The van der Waals surface area contributed by atoms with Gasteiger partial charge in [-0.15, -0.1) is 0 Å². The summed E-state index contributed by atoms with van der Waals surface area (Å²) in [7, 11) is 0. The number of fused-ring (bicyclic) bond motifs is 1. The summed E-state index contributed by atoms with van der Waals surface area (Å²) in [5, 5.41) is 9.12. The lowest BCUT2D eigenvalue weighted by molar-refractivity contribution is -0.118. The molecule has 0 amide bonds. The molecule has 0 aliphatic heterocycles. The molecule has 0 spiro atoms. The monoisotopic (exact) mass is 312 g/mol. The maximum atomic E-state index is 11.9. The Hall–Kier alpha value is -3.40. The second-order valence-electron chi connectivity index (χ2n) is 4.64. The number of carbonyl (C=O) groups is 2. The number of nitriles is 1. The van der Waals surface area contributed by atoms with Gasteiger partial charge in [-0.25, -0.2) is 4.79 Å². The number of allylic oxidation sites excluding steroid dienone is 1. The number of rotatable bonds is 4. The van der Waals surface area contributed by atoms with E-state index in [0.717, 1.165) is 6.07 Å². The molecule has 0 radical (unpaired) electrons. The molecule has 1 aromatic carbocycles. The molecule has 0 bridgehead atoms. The van der Waals surface area contributed by atoms with Crippen molar-refractivity contribution in [2.45, 2.75) is 6.92 Å². The number of hydrogen-bond donors (Lipinski definition) is 1. The highest BCUT2D eigenvalue weighted by atomic mass is 16.5. The summed E-state index contributed by atoms with van der Waals surface area (Å²) in [5.74, 6) is -2.04. The van der Waals surface area contributed by atoms with Gasteiger partial charge in [0.25, 0.3) is 0 Å². The fourth-order valence-electron chi connectivity index (χ4n) is 1.85. The zero-order chi connectivity index (χ0) is 17.0. The molecule has 0 saturated carbocycles. The summed E-state index contributed by atoms with van der Waals surface area (Å²) in [6.45, 7) is 0.716. The van der Waals surface area contributed by atoms with Crippen LogP contribution in [0.1, 0.15) is 17.5 Å². The Morgan fingerprint density at radius 2 is 2.04 bits per heavy atom. The van der Waals surface area contributed by atoms with Crippen molar-refractivity contribution in [3.05, 3.63) is 57.6 Å². The highest BCUT2D eigenvalue weighted by Gasteiger charge is 2.18. The fraction of sp³-hybridized carbons (Fsp3) is 0.125. The molecule has 2 rings (SSSR count). The van der Waals surface area contributed by atoms with Gasteiger partial charge in [0.1, 0.15) is 17.2 Å². The van der Waals surface area contributed by atoms with Crippen LogP contribution < -0.4 is 11.2 Å². The van der Waals surface area contributed by atoms with Crippen molar-refractivity contribution in [3.63, 3.8) is 0 Å². The zero-order valence-electron chi connectivity index (χ0n) is 12.2. The molecule has 1 aromatic heterocycles. The summed E-state index contributed by atoms with van der Waals surface area (Å²) in [4.78, 5) is 35.5. The van der Waals surface area contributed by atoms with Gasteiger partial charge in [0.2, 0.25) is 11.5 Å². The second kappa shape index (κ2) is 6.58. The lowest BCUT2D eigenvalue weighted by Crippen LogP contribution is -2.18. The highest BCUT2D eigenvalue weighted by molar-refractivity contribution is 6.02. The molecule has 1 heterocycles. The Balaban J connectivity index is 2.19. The van der Waals surface area contributed by atoms with Crippen LogP contribution in [-0.4, -0.2) is 18.4 Å². The van der Waals surface area contributed by atoms with Crippen molar-refractivity contribution in [2.24, 2.45) is 5.73 Å². The minimum atomic E-state index is -0.979. The van der Waals surface area contributed by atoms with Gasteiger partial charge in [-0.05, 0) is 19.1 Å². The van der Waals surface area contributed by atoms with Crippen LogP contribution in [0.4, 0.5) is 0 Å². The molecule has 7 heteroatoms. The molecule has 0 saturated heterocycles. The van der Waals surface area contributed by atoms with Crippen molar-refractivity contribution in [1.29, 1.82) is 5.26 Å². The average Bonchev–Trinajstić information content (AvgIpc) is 2.52. The number of benzene rings is 1. The molecule has 0 aliphatic carbocycles.